The van der Waals surface area contributed by atoms with E-state index in [0.29, 0.717) is 57.8 Å². The largest absolute Gasteiger partial charge is 0.460 e. The Bertz CT molecular complexity index is 1960. The van der Waals surface area contributed by atoms with Gasteiger partial charge in [0.1, 0.15) is 92.6 Å². The van der Waals surface area contributed by atoms with Gasteiger partial charge >= 0.3 is 11.9 Å². The summed E-state index contributed by atoms with van der Waals surface area (Å²) in [6.07, 6.45) is -23.7. The van der Waals surface area contributed by atoms with Crippen molar-refractivity contribution in [3.8, 4) is 0 Å². The summed E-state index contributed by atoms with van der Waals surface area (Å²) in [5.41, 5.74) is 0. The highest BCUT2D eigenvalue weighted by Crippen LogP contribution is 2.44. The number of aliphatic hydroxyl groups excluding tert-OH is 14. The Balaban J connectivity index is 1.03. The van der Waals surface area contributed by atoms with Crippen molar-refractivity contribution in [2.24, 2.45) is 23.7 Å². The van der Waals surface area contributed by atoms with Crippen molar-refractivity contribution < 1.29 is 128 Å². The van der Waals surface area contributed by atoms with Gasteiger partial charge < -0.3 is 119 Å². The molecule has 0 spiro atoms. The summed E-state index contributed by atoms with van der Waals surface area (Å²) in [5, 5.41) is 151. The van der Waals surface area contributed by atoms with Gasteiger partial charge in [-0.25, -0.2) is 9.59 Å². The molecule has 0 amide bonds. The van der Waals surface area contributed by atoms with Crippen LogP contribution in [0.5, 0.6) is 0 Å². The lowest BCUT2D eigenvalue weighted by atomic mass is 9.73. The SMILES string of the molecule is COC1CC(C=CC(=O)OC[C@H]2O[C@@H](O[C@H]3[C@H](OC4CC5C(O[C@@H]6O[C@H](CO)[C@@H](O)[C@H](O)[C@H]6O)CC(O)CC5[OH+]C4C4CCC(O)CC4)O[C@H](COC(=O)C=CC4CCC(O)C(O)C4)[C@@H](O)[C@@H]3O)[C@H](O)[C@@H](O)[C@@H]2O)CCC1O. The first-order chi connectivity index (χ1) is 37.2. The maximum absolute atomic E-state index is 13.1. The number of rotatable bonds is 17. The summed E-state index contributed by atoms with van der Waals surface area (Å²) in [6, 6.07) is 0. The summed E-state index contributed by atoms with van der Waals surface area (Å²) in [5.74, 6) is -2.86. The van der Waals surface area contributed by atoms with Gasteiger partial charge in [-0.3, -0.25) is 0 Å². The minimum Gasteiger partial charge on any atom is -0.460 e. The number of carbonyl (C=O) groups excluding carboxylic acids is 2. The Morgan fingerprint density at radius 2 is 1.04 bits per heavy atom. The van der Waals surface area contributed by atoms with E-state index in [1.54, 1.807) is 6.08 Å². The Hall–Kier alpha value is -2.46. The molecule has 0 aromatic heterocycles. The van der Waals surface area contributed by atoms with Crippen LogP contribution in [0.25, 0.3) is 0 Å². The van der Waals surface area contributed by atoms with Crippen molar-refractivity contribution >= 4 is 11.9 Å². The van der Waals surface area contributed by atoms with Crippen molar-refractivity contribution in [2.45, 2.75) is 237 Å². The van der Waals surface area contributed by atoms with Crippen LogP contribution in [0, 0.1) is 23.7 Å². The summed E-state index contributed by atoms with van der Waals surface area (Å²) in [7, 11) is 1.48. The molecule has 0 aromatic carbocycles. The molecule has 0 radical (unpaired) electrons. The molecule has 26 nitrogen and oxygen atoms in total. The van der Waals surface area contributed by atoms with E-state index in [4.69, 9.17) is 47.4 Å². The predicted octanol–water partition coefficient (Wildman–Crippen LogP) is -4.92. The Kier molecular flexibility index (Phi) is 21.9. The van der Waals surface area contributed by atoms with Crippen LogP contribution in [0.2, 0.25) is 0 Å². The summed E-state index contributed by atoms with van der Waals surface area (Å²) in [6.45, 7) is -2.02. The van der Waals surface area contributed by atoms with Crippen molar-refractivity contribution in [1.29, 1.82) is 0 Å². The minimum absolute atomic E-state index is 0.00135. The zero-order chi connectivity index (χ0) is 56.1. The Labute approximate surface area is 451 Å². The lowest BCUT2D eigenvalue weighted by molar-refractivity contribution is -0.389. The van der Waals surface area contributed by atoms with Crippen LogP contribution >= 0.6 is 0 Å². The van der Waals surface area contributed by atoms with Gasteiger partial charge in [0.2, 0.25) is 0 Å². The number of carbonyl (C=O) groups is 2. The van der Waals surface area contributed by atoms with E-state index < -0.39 is 191 Å². The van der Waals surface area contributed by atoms with E-state index in [9.17, 15) is 81.1 Å². The molecule has 15 N–H and O–H groups in total. The molecule has 8 rings (SSSR count). The number of hydrogen-bond donors (Lipinski definition) is 14. The van der Waals surface area contributed by atoms with Crippen molar-refractivity contribution in [2.75, 3.05) is 26.9 Å². The number of esters is 2. The smallest absolute Gasteiger partial charge is 0.330 e. The first-order valence-corrected chi connectivity index (χ1v) is 27.5. The van der Waals surface area contributed by atoms with Crippen molar-refractivity contribution in [3.63, 3.8) is 0 Å². The van der Waals surface area contributed by atoms with Crippen molar-refractivity contribution in [1.82, 2.24) is 0 Å². The molecule has 4 aliphatic heterocycles. The number of aliphatic hydroxyl groups is 16. The van der Waals surface area contributed by atoms with Crippen LogP contribution in [0.3, 0.4) is 0 Å². The number of ether oxygens (including phenoxy) is 10. The third kappa shape index (κ3) is 14.8. The minimum atomic E-state index is -2.02. The van der Waals surface area contributed by atoms with Crippen LogP contribution in [-0.4, -0.2) is 268 Å². The number of allylic oxidation sites excluding steroid dienone is 2. The second kappa shape index (κ2) is 27.7. The zero-order valence-electron chi connectivity index (χ0n) is 43.6. The highest BCUT2D eigenvalue weighted by atomic mass is 16.8. The highest BCUT2D eigenvalue weighted by Gasteiger charge is 2.58. The van der Waals surface area contributed by atoms with E-state index in [0.717, 1.165) is 6.08 Å². The molecular weight excluding hydrogens is 1040 g/mol. The third-order valence-corrected chi connectivity index (χ3v) is 17.2. The third-order valence-electron chi connectivity index (χ3n) is 17.2. The molecule has 27 atom stereocenters. The summed E-state index contributed by atoms with van der Waals surface area (Å²) in [4.78, 5) is 26.0. The maximum atomic E-state index is 13.1. The molecule has 0 aromatic rings. The normalized spacial score (nSPS) is 48.6. The lowest BCUT2D eigenvalue weighted by Gasteiger charge is -2.50. The van der Waals surface area contributed by atoms with Gasteiger partial charge in [0.25, 0.3) is 0 Å². The maximum Gasteiger partial charge on any atom is 0.330 e. The summed E-state index contributed by atoms with van der Waals surface area (Å²) < 4.78 is 58.7. The van der Waals surface area contributed by atoms with E-state index in [1.807, 2.05) is 0 Å². The first kappa shape index (κ1) is 61.6. The molecule has 4 aliphatic carbocycles. The molecule has 4 saturated heterocycles. The molecule has 8 fully saturated rings. The molecule has 4 heterocycles. The fourth-order valence-corrected chi connectivity index (χ4v) is 12.5. The van der Waals surface area contributed by atoms with E-state index in [-0.39, 0.29) is 43.4 Å². The molecule has 4 saturated carbocycles. The monoisotopic (exact) mass is 1120 g/mol. The standard InChI is InChI=1S/C52H82O26/c1-69-33-15-23(3-11-29(33)57)5-13-39(60)70-20-36-41(62)44(65)47(68)51(76-36)78-49-45(66)42(63)37(21-71-38(59)12-4-22-2-10-28(56)30(58)14-22)77-52(49)74-34-18-27-31(72-48(34)24-6-8-25(54)9-7-24)16-26(55)17-32(27)73-50-46(67)43(64)40(61)35(19-53)75-50/h4-5,12-13,22-37,40-58,61-68H,2-3,6-11,14-21H2,1H3/p+1/t22?,23?,24?,25?,26?,27?,28?,29?,30?,31?,32?,33?,34?,35-,36-,37-,40-,41-,42-,43+,44+,45+,46-,47-,48?,49-,50-,51+,52-/m1/s1. The number of fused-ring (bicyclic) bond motifs is 1. The van der Waals surface area contributed by atoms with Gasteiger partial charge in [-0.1, -0.05) is 12.2 Å². The second-order valence-corrected chi connectivity index (χ2v) is 22.6. The second-order valence-electron chi connectivity index (χ2n) is 22.6. The molecule has 12 unspecified atom stereocenters. The van der Waals surface area contributed by atoms with Gasteiger partial charge in [-0.15, -0.1) is 0 Å². The van der Waals surface area contributed by atoms with E-state index >= 15 is 0 Å². The van der Waals surface area contributed by atoms with E-state index in [1.165, 1.54) is 19.3 Å². The molecule has 0 bridgehead atoms. The average molecular weight is 1120 g/mol. The first-order valence-electron chi connectivity index (χ1n) is 27.5. The highest BCUT2D eigenvalue weighted by molar-refractivity contribution is 5.82. The molecule has 8 aliphatic rings. The molecule has 26 heteroatoms. The number of methoxy groups -OCH3 is 1. The fourth-order valence-electron chi connectivity index (χ4n) is 12.5. The fraction of sp³-hybridized carbons (Fsp3) is 0.885. The molecule has 78 heavy (non-hydrogen) atoms. The van der Waals surface area contributed by atoms with Crippen LogP contribution in [0.4, 0.5) is 0 Å². The molecule has 446 valence electrons. The Morgan fingerprint density at radius 3 is 1.64 bits per heavy atom. The van der Waals surface area contributed by atoms with Gasteiger partial charge in [0.15, 0.2) is 31.1 Å². The van der Waals surface area contributed by atoms with Gasteiger partial charge in [0, 0.05) is 38.0 Å². The quantitative estimate of drug-likeness (QED) is 0.0369. The van der Waals surface area contributed by atoms with E-state index in [2.05, 4.69) is 0 Å². The topological polar surface area (TPSA) is 413 Å². The molecular formula is C52H83O26+. The van der Waals surface area contributed by atoms with Gasteiger partial charge in [-0.2, -0.15) is 0 Å². The van der Waals surface area contributed by atoms with Crippen LogP contribution < -0.4 is 0 Å². The van der Waals surface area contributed by atoms with Gasteiger partial charge in [-0.05, 0) is 82.5 Å². The lowest BCUT2D eigenvalue weighted by Crippen LogP contribution is -2.66. The average Bonchev–Trinajstić information content (AvgIpc) is 3.51. The van der Waals surface area contributed by atoms with Crippen molar-refractivity contribution in [3.05, 3.63) is 24.3 Å². The summed E-state index contributed by atoms with van der Waals surface area (Å²) >= 11 is 0. The Morgan fingerprint density at radius 1 is 0.500 bits per heavy atom. The van der Waals surface area contributed by atoms with Crippen LogP contribution in [0.1, 0.15) is 83.5 Å². The number of hydrogen-bond acceptors (Lipinski definition) is 25. The van der Waals surface area contributed by atoms with Gasteiger partial charge in [0.05, 0.1) is 55.3 Å². The van der Waals surface area contributed by atoms with Crippen LogP contribution in [0.15, 0.2) is 24.3 Å². The zero-order valence-corrected chi connectivity index (χ0v) is 43.6. The van der Waals surface area contributed by atoms with Crippen LogP contribution in [-0.2, 0) is 52.2 Å². The predicted molar refractivity (Wildman–Crippen MR) is 261 cm³/mol.